The number of amidine groups is 1. The molecular weight excluding hydrogens is 468 g/mol. The van der Waals surface area contributed by atoms with Gasteiger partial charge in [0.25, 0.3) is 10.0 Å². The van der Waals surface area contributed by atoms with Gasteiger partial charge in [-0.3, -0.25) is 0 Å². The molecule has 8 nitrogen and oxygen atoms in total. The van der Waals surface area contributed by atoms with Crippen molar-refractivity contribution in [1.82, 2.24) is 4.90 Å². The lowest BCUT2D eigenvalue weighted by Gasteiger charge is -2.26. The van der Waals surface area contributed by atoms with Gasteiger partial charge >= 0.3 is 5.97 Å². The second-order valence-corrected chi connectivity index (χ2v) is 9.72. The van der Waals surface area contributed by atoms with E-state index < -0.39 is 22.1 Å². The molecule has 1 aliphatic heterocycles. The summed E-state index contributed by atoms with van der Waals surface area (Å²) < 4.78 is 45.7. The SMILES string of the molecule is COc1ccc(OC[C@@H](CN(C)C2=NS(=O)(=O)c3ccccc32)OC(=O)c2cccc(C)c2)cc1. The van der Waals surface area contributed by atoms with Gasteiger partial charge in [0.05, 0.1) is 19.2 Å². The molecule has 0 spiro atoms. The average Bonchev–Trinajstić information content (AvgIpc) is 3.14. The third kappa shape index (κ3) is 5.63. The van der Waals surface area contributed by atoms with Crippen LogP contribution in [0.3, 0.4) is 0 Å². The summed E-state index contributed by atoms with van der Waals surface area (Å²) in [6, 6.07) is 20.8. The predicted molar refractivity (Wildman–Crippen MR) is 132 cm³/mol. The van der Waals surface area contributed by atoms with Crippen molar-refractivity contribution >= 4 is 21.8 Å². The third-order valence-electron chi connectivity index (χ3n) is 5.47. The summed E-state index contributed by atoms with van der Waals surface area (Å²) >= 11 is 0. The van der Waals surface area contributed by atoms with Crippen molar-refractivity contribution in [2.75, 3.05) is 27.3 Å². The molecule has 0 unspecified atom stereocenters. The topological polar surface area (TPSA) is 94.5 Å². The molecule has 35 heavy (non-hydrogen) atoms. The Morgan fingerprint density at radius 2 is 1.71 bits per heavy atom. The molecule has 4 rings (SSSR count). The van der Waals surface area contributed by atoms with Crippen LogP contribution in [0.4, 0.5) is 0 Å². The van der Waals surface area contributed by atoms with E-state index in [0.717, 1.165) is 5.56 Å². The Hall–Kier alpha value is -3.85. The number of esters is 1. The Labute approximate surface area is 204 Å². The van der Waals surface area contributed by atoms with Crippen LogP contribution in [0.1, 0.15) is 21.5 Å². The van der Waals surface area contributed by atoms with Gasteiger partial charge in [0, 0.05) is 12.6 Å². The Morgan fingerprint density at radius 1 is 1.00 bits per heavy atom. The molecule has 0 saturated heterocycles. The van der Waals surface area contributed by atoms with E-state index in [9.17, 15) is 13.2 Å². The molecule has 3 aromatic rings. The first-order valence-electron chi connectivity index (χ1n) is 11.0. The van der Waals surface area contributed by atoms with Crippen LogP contribution >= 0.6 is 0 Å². The lowest BCUT2D eigenvalue weighted by atomic mass is 10.1. The molecule has 9 heteroatoms. The van der Waals surface area contributed by atoms with Crippen molar-refractivity contribution in [2.45, 2.75) is 17.9 Å². The molecule has 0 fully saturated rings. The second-order valence-electron chi connectivity index (χ2n) is 8.15. The minimum absolute atomic E-state index is 0.0515. The van der Waals surface area contributed by atoms with E-state index in [4.69, 9.17) is 14.2 Å². The van der Waals surface area contributed by atoms with Crippen LogP contribution in [0.15, 0.2) is 82.1 Å². The fourth-order valence-electron chi connectivity index (χ4n) is 3.73. The quantitative estimate of drug-likeness (QED) is 0.441. The molecule has 1 atom stereocenters. The van der Waals surface area contributed by atoms with E-state index in [2.05, 4.69) is 4.40 Å². The van der Waals surface area contributed by atoms with Crippen LogP contribution in [0.5, 0.6) is 11.5 Å². The number of likely N-dealkylation sites (N-methyl/N-ethyl adjacent to an activating group) is 1. The molecule has 3 aromatic carbocycles. The number of methoxy groups -OCH3 is 1. The minimum atomic E-state index is -3.77. The molecule has 0 aromatic heterocycles. The number of hydrogen-bond acceptors (Lipinski definition) is 7. The highest BCUT2D eigenvalue weighted by atomic mass is 32.2. The molecule has 1 heterocycles. The maximum atomic E-state index is 12.9. The van der Waals surface area contributed by atoms with Crippen molar-refractivity contribution < 1.29 is 27.4 Å². The second kappa shape index (κ2) is 10.2. The van der Waals surface area contributed by atoms with E-state index in [1.165, 1.54) is 6.07 Å². The van der Waals surface area contributed by atoms with Crippen molar-refractivity contribution in [2.24, 2.45) is 4.40 Å². The number of ether oxygens (including phenoxy) is 3. The van der Waals surface area contributed by atoms with E-state index >= 15 is 0 Å². The van der Waals surface area contributed by atoms with Crippen LogP contribution in [0.25, 0.3) is 0 Å². The Balaban J connectivity index is 1.54. The van der Waals surface area contributed by atoms with Crippen LogP contribution in [-0.4, -0.2) is 58.5 Å². The van der Waals surface area contributed by atoms with E-state index in [-0.39, 0.29) is 18.0 Å². The van der Waals surface area contributed by atoms with Gasteiger partial charge in [-0.25, -0.2) is 4.79 Å². The molecule has 0 aliphatic carbocycles. The zero-order valence-corrected chi connectivity index (χ0v) is 20.5. The summed E-state index contributed by atoms with van der Waals surface area (Å²) in [5.41, 5.74) is 1.87. The van der Waals surface area contributed by atoms with E-state index in [0.29, 0.717) is 28.5 Å². The zero-order chi connectivity index (χ0) is 25.0. The number of fused-ring (bicyclic) bond motifs is 1. The van der Waals surface area contributed by atoms with Gasteiger partial charge in [-0.1, -0.05) is 29.8 Å². The van der Waals surface area contributed by atoms with Crippen molar-refractivity contribution in [3.63, 3.8) is 0 Å². The van der Waals surface area contributed by atoms with Gasteiger partial charge in [-0.05, 0) is 55.5 Å². The van der Waals surface area contributed by atoms with Crippen LogP contribution in [0.2, 0.25) is 0 Å². The average molecular weight is 495 g/mol. The van der Waals surface area contributed by atoms with Crippen LogP contribution in [0, 0.1) is 6.92 Å². The van der Waals surface area contributed by atoms with Gasteiger partial charge in [0.2, 0.25) is 0 Å². The molecule has 0 saturated carbocycles. The smallest absolute Gasteiger partial charge is 0.338 e. The fraction of sp³-hybridized carbons (Fsp3) is 0.231. The van der Waals surface area contributed by atoms with Crippen LogP contribution in [-0.2, 0) is 14.8 Å². The third-order valence-corrected chi connectivity index (χ3v) is 6.80. The van der Waals surface area contributed by atoms with Gasteiger partial charge < -0.3 is 19.1 Å². The Bertz CT molecular complexity index is 1350. The Morgan fingerprint density at radius 3 is 2.43 bits per heavy atom. The summed E-state index contributed by atoms with van der Waals surface area (Å²) in [6.45, 7) is 2.11. The number of carbonyl (C=O) groups is 1. The highest BCUT2D eigenvalue weighted by Gasteiger charge is 2.32. The van der Waals surface area contributed by atoms with Crippen molar-refractivity contribution in [3.05, 3.63) is 89.5 Å². The first kappa shape index (κ1) is 24.3. The highest BCUT2D eigenvalue weighted by molar-refractivity contribution is 7.90. The van der Waals surface area contributed by atoms with Gasteiger partial charge in [-0.2, -0.15) is 8.42 Å². The predicted octanol–water partition coefficient (Wildman–Crippen LogP) is 3.69. The summed E-state index contributed by atoms with van der Waals surface area (Å²) in [6.07, 6.45) is -0.715. The van der Waals surface area contributed by atoms with Crippen LogP contribution < -0.4 is 9.47 Å². The maximum Gasteiger partial charge on any atom is 0.338 e. The molecule has 0 N–H and O–H groups in total. The minimum Gasteiger partial charge on any atom is -0.497 e. The van der Waals surface area contributed by atoms with E-state index in [1.807, 2.05) is 13.0 Å². The highest BCUT2D eigenvalue weighted by Crippen LogP contribution is 2.27. The normalized spacial score (nSPS) is 14.4. The lowest BCUT2D eigenvalue weighted by molar-refractivity contribution is 0.0130. The zero-order valence-electron chi connectivity index (χ0n) is 19.7. The molecule has 0 radical (unpaired) electrons. The van der Waals surface area contributed by atoms with Gasteiger partial charge in [-0.15, -0.1) is 4.40 Å². The number of sulfonamides is 1. The number of benzene rings is 3. The van der Waals surface area contributed by atoms with Gasteiger partial charge in [0.15, 0.2) is 11.9 Å². The first-order chi connectivity index (χ1) is 16.8. The summed E-state index contributed by atoms with van der Waals surface area (Å²) in [7, 11) is -0.487. The van der Waals surface area contributed by atoms with Crippen molar-refractivity contribution in [1.29, 1.82) is 0 Å². The standard InChI is InChI=1S/C26H26N2O6S/c1-18-7-6-8-19(15-18)26(29)34-22(17-33-21-13-11-20(32-3)12-14-21)16-28(2)25-23-9-4-5-10-24(23)35(30,31)27-25/h4-15,22H,16-17H2,1-3H3/t22-/m1/s1. The largest absolute Gasteiger partial charge is 0.497 e. The number of rotatable bonds is 8. The fourth-order valence-corrected chi connectivity index (χ4v) is 4.98. The number of aryl methyl sites for hydroxylation is 1. The summed E-state index contributed by atoms with van der Waals surface area (Å²) in [5, 5.41) is 0. The summed E-state index contributed by atoms with van der Waals surface area (Å²) in [4.78, 5) is 14.7. The van der Waals surface area contributed by atoms with Gasteiger partial charge in [0.1, 0.15) is 23.0 Å². The number of nitrogens with zero attached hydrogens (tertiary/aromatic N) is 2. The Kier molecular flexibility index (Phi) is 7.07. The van der Waals surface area contributed by atoms with E-state index in [1.54, 1.807) is 79.7 Å². The monoisotopic (exact) mass is 494 g/mol. The number of carbonyl (C=O) groups excluding carboxylic acids is 1. The molecule has 182 valence electrons. The molecular formula is C26H26N2O6S. The molecule has 0 amide bonds. The molecule has 1 aliphatic rings. The lowest BCUT2D eigenvalue weighted by Crippen LogP contribution is -2.39. The van der Waals surface area contributed by atoms with Crippen molar-refractivity contribution in [3.8, 4) is 11.5 Å². The maximum absolute atomic E-state index is 12.9. The molecule has 0 bridgehead atoms. The number of hydrogen-bond donors (Lipinski definition) is 0. The summed E-state index contributed by atoms with van der Waals surface area (Å²) in [5.74, 6) is 1.07. The first-order valence-corrected chi connectivity index (χ1v) is 12.4.